The number of aryl methyl sites for hydroxylation is 4. The van der Waals surface area contributed by atoms with E-state index < -0.39 is 10.0 Å². The van der Waals surface area contributed by atoms with Crippen LogP contribution >= 0.6 is 11.3 Å². The third-order valence-electron chi connectivity index (χ3n) is 3.15. The number of nitrogens with one attached hydrogen (secondary N) is 2. The molecule has 0 atom stereocenters. The van der Waals surface area contributed by atoms with Crippen LogP contribution in [0.3, 0.4) is 0 Å². The van der Waals surface area contributed by atoms with Gasteiger partial charge < -0.3 is 5.43 Å². The van der Waals surface area contributed by atoms with E-state index in [1.807, 2.05) is 13.8 Å². The Morgan fingerprint density at radius 1 is 1.14 bits per heavy atom. The molecule has 21 heavy (non-hydrogen) atoms. The van der Waals surface area contributed by atoms with E-state index in [4.69, 9.17) is 5.84 Å². The van der Waals surface area contributed by atoms with Crippen molar-refractivity contribution in [1.82, 2.24) is 4.98 Å². The highest BCUT2D eigenvalue weighted by molar-refractivity contribution is 7.93. The van der Waals surface area contributed by atoms with Gasteiger partial charge in [0.25, 0.3) is 10.0 Å². The molecule has 0 aliphatic heterocycles. The Labute approximate surface area is 128 Å². The number of rotatable bonds is 4. The molecule has 0 fully saturated rings. The summed E-state index contributed by atoms with van der Waals surface area (Å²) < 4.78 is 27.7. The maximum Gasteiger partial charge on any atom is 0.264 e. The Kier molecular flexibility index (Phi) is 4.22. The Morgan fingerprint density at radius 3 is 2.14 bits per heavy atom. The van der Waals surface area contributed by atoms with E-state index in [2.05, 4.69) is 15.1 Å². The second-order valence-corrected chi connectivity index (χ2v) is 7.67. The lowest BCUT2D eigenvalue weighted by Crippen LogP contribution is -2.16. The van der Waals surface area contributed by atoms with Crippen LogP contribution in [0.1, 0.15) is 21.7 Å². The fourth-order valence-corrected chi connectivity index (χ4v) is 4.64. The Morgan fingerprint density at radius 2 is 1.71 bits per heavy atom. The molecule has 0 bridgehead atoms. The van der Waals surface area contributed by atoms with Crippen LogP contribution in [-0.4, -0.2) is 13.4 Å². The van der Waals surface area contributed by atoms with Gasteiger partial charge in [0.1, 0.15) is 0 Å². The SMILES string of the molecule is Cc1cc(NN)cc(C)c1S(=O)(=O)Nc1nc(C)c(C)s1. The highest BCUT2D eigenvalue weighted by Crippen LogP contribution is 2.28. The standard InChI is InChI=1S/C13H18N4O2S2/c1-7-5-11(16-14)6-8(2)12(7)21(18,19)17-13-15-9(3)10(4)20-13/h5-6,16H,14H2,1-4H3,(H,15,17). The Hall–Kier alpha value is -1.64. The minimum atomic E-state index is -3.67. The molecule has 8 heteroatoms. The molecule has 0 aliphatic rings. The monoisotopic (exact) mass is 326 g/mol. The van der Waals surface area contributed by atoms with Crippen molar-refractivity contribution in [3.8, 4) is 0 Å². The summed E-state index contributed by atoms with van der Waals surface area (Å²) in [6.45, 7) is 7.23. The second-order valence-electron chi connectivity index (χ2n) is 4.85. The highest BCUT2D eigenvalue weighted by Gasteiger charge is 2.22. The normalized spacial score (nSPS) is 11.5. The highest BCUT2D eigenvalue weighted by atomic mass is 32.2. The minimum absolute atomic E-state index is 0.256. The van der Waals surface area contributed by atoms with E-state index in [1.165, 1.54) is 11.3 Å². The lowest BCUT2D eigenvalue weighted by molar-refractivity contribution is 0.600. The van der Waals surface area contributed by atoms with Crippen LogP contribution in [0.5, 0.6) is 0 Å². The molecule has 0 saturated heterocycles. The molecular weight excluding hydrogens is 308 g/mol. The maximum atomic E-state index is 12.6. The van der Waals surface area contributed by atoms with E-state index in [9.17, 15) is 8.42 Å². The first-order chi connectivity index (χ1) is 9.74. The Balaban J connectivity index is 2.44. The van der Waals surface area contributed by atoms with Crippen molar-refractivity contribution in [2.45, 2.75) is 32.6 Å². The van der Waals surface area contributed by atoms with Crippen LogP contribution in [0.25, 0.3) is 0 Å². The van der Waals surface area contributed by atoms with Gasteiger partial charge in [-0.1, -0.05) is 0 Å². The zero-order chi connectivity index (χ0) is 15.8. The van der Waals surface area contributed by atoms with E-state index in [-0.39, 0.29) is 4.90 Å². The molecule has 1 aromatic heterocycles. The van der Waals surface area contributed by atoms with Crippen molar-refractivity contribution >= 4 is 32.2 Å². The van der Waals surface area contributed by atoms with E-state index in [1.54, 1.807) is 26.0 Å². The number of nitrogen functional groups attached to an aromatic ring is 1. The maximum absolute atomic E-state index is 12.6. The summed E-state index contributed by atoms with van der Waals surface area (Å²) in [7, 11) is -3.67. The number of benzene rings is 1. The molecule has 4 N–H and O–H groups in total. The van der Waals surface area contributed by atoms with Gasteiger partial charge in [0, 0.05) is 10.6 Å². The van der Waals surface area contributed by atoms with Crippen molar-refractivity contribution in [3.63, 3.8) is 0 Å². The van der Waals surface area contributed by atoms with Crippen molar-refractivity contribution in [2.75, 3.05) is 10.1 Å². The van der Waals surface area contributed by atoms with E-state index >= 15 is 0 Å². The van der Waals surface area contributed by atoms with Gasteiger partial charge in [0.05, 0.1) is 10.6 Å². The largest absolute Gasteiger partial charge is 0.324 e. The number of thiazole rings is 1. The fraction of sp³-hybridized carbons (Fsp3) is 0.308. The zero-order valence-corrected chi connectivity index (χ0v) is 13.9. The number of nitrogens with two attached hydrogens (primary N) is 1. The fourth-order valence-electron chi connectivity index (χ4n) is 2.14. The van der Waals surface area contributed by atoms with Gasteiger partial charge in [-0.3, -0.25) is 10.6 Å². The molecule has 0 aliphatic carbocycles. The van der Waals surface area contributed by atoms with Gasteiger partial charge >= 0.3 is 0 Å². The molecular formula is C13H18N4O2S2. The number of hydrogen-bond donors (Lipinski definition) is 3. The number of nitrogens with zero attached hydrogens (tertiary/aromatic N) is 1. The molecule has 2 rings (SSSR count). The first-order valence-corrected chi connectivity index (χ1v) is 8.59. The molecule has 1 heterocycles. The quantitative estimate of drug-likeness (QED) is 0.592. The average molecular weight is 326 g/mol. The van der Waals surface area contributed by atoms with Gasteiger partial charge in [-0.25, -0.2) is 13.4 Å². The lowest BCUT2D eigenvalue weighted by Gasteiger charge is -2.13. The van der Waals surface area contributed by atoms with Crippen LogP contribution in [0.2, 0.25) is 0 Å². The molecule has 0 saturated carbocycles. The summed E-state index contributed by atoms with van der Waals surface area (Å²) in [6, 6.07) is 3.39. The molecule has 1 aromatic carbocycles. The van der Waals surface area contributed by atoms with E-state index in [0.29, 0.717) is 21.9 Å². The van der Waals surface area contributed by atoms with Crippen molar-refractivity contribution in [1.29, 1.82) is 0 Å². The zero-order valence-electron chi connectivity index (χ0n) is 12.3. The number of hydrazine groups is 1. The van der Waals surface area contributed by atoms with E-state index in [0.717, 1.165) is 10.6 Å². The molecule has 6 nitrogen and oxygen atoms in total. The van der Waals surface area contributed by atoms with Crippen molar-refractivity contribution < 1.29 is 8.42 Å². The van der Waals surface area contributed by atoms with Gasteiger partial charge in [-0.15, -0.1) is 11.3 Å². The third-order valence-corrected chi connectivity index (χ3v) is 5.91. The van der Waals surface area contributed by atoms with Crippen LogP contribution in [0.4, 0.5) is 10.8 Å². The summed E-state index contributed by atoms with van der Waals surface area (Å²) in [5.74, 6) is 5.37. The molecule has 114 valence electrons. The van der Waals surface area contributed by atoms with Crippen molar-refractivity contribution in [2.24, 2.45) is 5.84 Å². The number of sulfonamides is 1. The lowest BCUT2D eigenvalue weighted by atomic mass is 10.1. The number of aromatic nitrogens is 1. The smallest absolute Gasteiger partial charge is 0.264 e. The van der Waals surface area contributed by atoms with Crippen LogP contribution in [-0.2, 0) is 10.0 Å². The topological polar surface area (TPSA) is 97.1 Å². The summed E-state index contributed by atoms with van der Waals surface area (Å²) in [6.07, 6.45) is 0. The predicted molar refractivity (Wildman–Crippen MR) is 86.1 cm³/mol. The molecule has 0 unspecified atom stereocenters. The van der Waals surface area contributed by atoms with Crippen LogP contribution in [0, 0.1) is 27.7 Å². The number of anilines is 2. The van der Waals surface area contributed by atoms with Gasteiger partial charge in [-0.05, 0) is 51.0 Å². The van der Waals surface area contributed by atoms with Crippen LogP contribution < -0.4 is 16.0 Å². The average Bonchev–Trinajstić information content (AvgIpc) is 2.65. The van der Waals surface area contributed by atoms with Gasteiger partial charge in [-0.2, -0.15) is 0 Å². The first-order valence-electron chi connectivity index (χ1n) is 6.29. The summed E-state index contributed by atoms with van der Waals surface area (Å²) in [4.78, 5) is 5.46. The third kappa shape index (κ3) is 3.17. The summed E-state index contributed by atoms with van der Waals surface area (Å²) >= 11 is 1.32. The van der Waals surface area contributed by atoms with Gasteiger partial charge in [0.15, 0.2) is 5.13 Å². The van der Waals surface area contributed by atoms with Crippen molar-refractivity contribution in [3.05, 3.63) is 33.8 Å². The number of hydrogen-bond acceptors (Lipinski definition) is 6. The van der Waals surface area contributed by atoms with Gasteiger partial charge in [0.2, 0.25) is 0 Å². The summed E-state index contributed by atoms with van der Waals surface area (Å²) in [5, 5.41) is 0.379. The second kappa shape index (κ2) is 5.63. The first kappa shape index (κ1) is 15.7. The predicted octanol–water partition coefficient (Wildman–Crippen LogP) is 2.46. The molecule has 0 spiro atoms. The molecule has 2 aromatic rings. The Bertz CT molecular complexity index is 739. The summed E-state index contributed by atoms with van der Waals surface area (Å²) in [5.41, 5.74) is 5.27. The van der Waals surface area contributed by atoms with Crippen LogP contribution in [0.15, 0.2) is 17.0 Å². The molecule has 0 radical (unpaired) electrons. The minimum Gasteiger partial charge on any atom is -0.324 e. The molecule has 0 amide bonds.